The number of urea groups is 2. The summed E-state index contributed by atoms with van der Waals surface area (Å²) in [7, 11) is 0. The first kappa shape index (κ1) is 29.3. The summed E-state index contributed by atoms with van der Waals surface area (Å²) in [6, 6.07) is 13.1. The molecule has 2 aromatic carbocycles. The fourth-order valence-corrected chi connectivity index (χ4v) is 4.40. The van der Waals surface area contributed by atoms with E-state index < -0.39 is 47.0 Å². The second-order valence-electron chi connectivity index (χ2n) is 9.25. The minimum absolute atomic E-state index is 0.0196. The molecule has 3 aromatic rings. The number of benzene rings is 2. The monoisotopic (exact) mass is 603 g/mol. The van der Waals surface area contributed by atoms with Crippen LogP contribution in [0.1, 0.15) is 19.6 Å². The van der Waals surface area contributed by atoms with Gasteiger partial charge in [-0.2, -0.15) is 10.2 Å². The van der Waals surface area contributed by atoms with E-state index in [1.54, 1.807) is 26.0 Å². The molecule has 41 heavy (non-hydrogen) atoms. The Bertz CT molecular complexity index is 1490. The van der Waals surface area contributed by atoms with Gasteiger partial charge in [0.2, 0.25) is 0 Å². The molecule has 4 rings (SSSR count). The van der Waals surface area contributed by atoms with Gasteiger partial charge in [0, 0.05) is 21.4 Å². The number of hydrogen-bond donors (Lipinski definition) is 3. The van der Waals surface area contributed by atoms with Crippen molar-refractivity contribution in [3.8, 4) is 0 Å². The van der Waals surface area contributed by atoms with Gasteiger partial charge < -0.3 is 14.6 Å². The Morgan fingerprint density at radius 3 is 2.32 bits per heavy atom. The van der Waals surface area contributed by atoms with Crippen LogP contribution in [0.4, 0.5) is 26.8 Å². The van der Waals surface area contributed by atoms with Gasteiger partial charge in [0.05, 0.1) is 17.8 Å². The maximum absolute atomic E-state index is 13.7. The summed E-state index contributed by atoms with van der Waals surface area (Å²) >= 11 is 11.9. The van der Waals surface area contributed by atoms with E-state index in [4.69, 9.17) is 27.6 Å². The molecule has 1 aromatic heterocycles. The van der Waals surface area contributed by atoms with E-state index in [0.29, 0.717) is 26.5 Å². The Labute approximate surface area is 242 Å². The zero-order chi connectivity index (χ0) is 29.9. The highest BCUT2D eigenvalue weighted by Gasteiger charge is 2.56. The summed E-state index contributed by atoms with van der Waals surface area (Å²) in [5.41, 5.74) is 1.54. The average Bonchev–Trinajstić information content (AvgIpc) is 3.47. The van der Waals surface area contributed by atoms with Crippen LogP contribution < -0.4 is 15.6 Å². The molecule has 3 N–H and O–H groups in total. The van der Waals surface area contributed by atoms with E-state index in [2.05, 4.69) is 15.8 Å². The molecule has 0 radical (unpaired) electrons. The van der Waals surface area contributed by atoms with E-state index in [-0.39, 0.29) is 5.76 Å². The molecule has 1 aliphatic rings. The molecule has 2 heterocycles. The van der Waals surface area contributed by atoms with Gasteiger partial charge in [-0.3, -0.25) is 25.0 Å². The summed E-state index contributed by atoms with van der Waals surface area (Å²) in [4.78, 5) is 51.8. The van der Waals surface area contributed by atoms with Crippen LogP contribution in [0.3, 0.4) is 0 Å². The topological polar surface area (TPSA) is 174 Å². The predicted octanol–water partition coefficient (Wildman–Crippen LogP) is 4.91. The first-order valence-corrected chi connectivity index (χ1v) is 12.6. The minimum atomic E-state index is -1.33. The van der Waals surface area contributed by atoms with E-state index in [9.17, 15) is 29.7 Å². The van der Waals surface area contributed by atoms with E-state index in [0.717, 1.165) is 22.1 Å². The Kier molecular flexibility index (Phi) is 8.47. The zero-order valence-electron chi connectivity index (χ0n) is 21.5. The number of nitrogens with one attached hydrogen (secondary N) is 2. The maximum Gasteiger partial charge on any atom is 0.433 e. The summed E-state index contributed by atoms with van der Waals surface area (Å²) in [5, 5.41) is 29.3. The Morgan fingerprint density at radius 2 is 1.73 bits per heavy atom. The lowest BCUT2D eigenvalue weighted by molar-refractivity contribution is -0.402. The highest BCUT2D eigenvalue weighted by molar-refractivity contribution is 6.31. The van der Waals surface area contributed by atoms with Crippen molar-refractivity contribution < 1.29 is 28.9 Å². The molecule has 1 unspecified atom stereocenters. The number of halogens is 2. The lowest BCUT2D eigenvalue weighted by Gasteiger charge is -2.38. The van der Waals surface area contributed by atoms with Gasteiger partial charge in [-0.1, -0.05) is 23.2 Å². The van der Waals surface area contributed by atoms with Crippen molar-refractivity contribution in [2.75, 3.05) is 16.8 Å². The number of nitro groups is 1. The van der Waals surface area contributed by atoms with Crippen molar-refractivity contribution in [2.24, 2.45) is 5.10 Å². The molecule has 16 heteroatoms. The standard InChI is InChI=1S/C25H23Cl2N7O7/c1-25(2)22(33(38)23(36)29-17-7-3-15(26)4-8-17)32(18-9-5-16(27)6-10-18)24(37)31(25)14-20(35)30-28-13-19-11-12-21(41-19)34(39)40/h3-13,22,38H,14H2,1-2H3,(H,29,36)(H,30,35)/b28-13+. The SMILES string of the molecule is CC1(C)C(N(O)C(=O)Nc2ccc(Cl)cc2)N(c2ccc(Cl)cc2)C(=O)N1CC(=O)N/N=C/c1ccc([N+](=O)[O-])o1. The average molecular weight is 604 g/mol. The second-order valence-corrected chi connectivity index (χ2v) is 10.1. The largest absolute Gasteiger partial charge is 0.433 e. The summed E-state index contributed by atoms with van der Waals surface area (Å²) in [6.45, 7) is 2.63. The number of carbonyl (C=O) groups is 3. The van der Waals surface area contributed by atoms with Gasteiger partial charge in [-0.05, 0) is 68.4 Å². The first-order valence-electron chi connectivity index (χ1n) is 11.9. The number of hydrogen-bond acceptors (Lipinski definition) is 8. The number of rotatable bonds is 8. The highest BCUT2D eigenvalue weighted by atomic mass is 35.5. The fraction of sp³-hybridized carbons (Fsp3) is 0.200. The normalized spacial score (nSPS) is 16.2. The molecule has 1 saturated heterocycles. The number of nitrogens with zero attached hydrogens (tertiary/aromatic N) is 5. The lowest BCUT2D eigenvalue weighted by Crippen LogP contribution is -2.58. The van der Waals surface area contributed by atoms with Crippen molar-refractivity contribution in [2.45, 2.75) is 25.6 Å². The number of furan rings is 1. The van der Waals surface area contributed by atoms with Crippen molar-refractivity contribution in [3.63, 3.8) is 0 Å². The van der Waals surface area contributed by atoms with Crippen LogP contribution in [0.25, 0.3) is 0 Å². The third-order valence-corrected chi connectivity index (χ3v) is 6.63. The molecular formula is C25H23Cl2N7O7. The quantitative estimate of drug-likeness (QED) is 0.142. The number of hydroxylamine groups is 2. The second kappa shape index (κ2) is 11.8. The van der Waals surface area contributed by atoms with Gasteiger partial charge >= 0.3 is 17.9 Å². The molecule has 214 valence electrons. The van der Waals surface area contributed by atoms with Gasteiger partial charge in [-0.15, -0.1) is 0 Å². The van der Waals surface area contributed by atoms with E-state index in [1.165, 1.54) is 42.5 Å². The van der Waals surface area contributed by atoms with Gasteiger partial charge in [0.15, 0.2) is 11.9 Å². The fourth-order valence-electron chi connectivity index (χ4n) is 4.15. The highest BCUT2D eigenvalue weighted by Crippen LogP contribution is 2.38. The van der Waals surface area contributed by atoms with Crippen LogP contribution in [0.2, 0.25) is 10.0 Å². The van der Waals surface area contributed by atoms with Crippen LogP contribution in [0.5, 0.6) is 0 Å². The minimum Gasteiger partial charge on any atom is -0.400 e. The first-order chi connectivity index (χ1) is 19.4. The predicted molar refractivity (Wildman–Crippen MR) is 149 cm³/mol. The van der Waals surface area contributed by atoms with E-state index in [1.807, 2.05) is 0 Å². The van der Waals surface area contributed by atoms with Crippen molar-refractivity contribution in [1.82, 2.24) is 15.4 Å². The molecule has 0 spiro atoms. The Balaban J connectivity index is 1.56. The van der Waals surface area contributed by atoms with Crippen molar-refractivity contribution in [1.29, 1.82) is 0 Å². The molecule has 1 aliphatic heterocycles. The number of amides is 5. The number of carbonyl (C=O) groups excluding carboxylic acids is 3. The molecule has 0 bridgehead atoms. The van der Waals surface area contributed by atoms with Gasteiger partial charge in [-0.25, -0.2) is 15.0 Å². The molecule has 14 nitrogen and oxygen atoms in total. The number of anilines is 2. The molecule has 0 saturated carbocycles. The third kappa shape index (κ3) is 6.40. The summed E-state index contributed by atoms with van der Waals surface area (Å²) < 4.78 is 4.94. The van der Waals surface area contributed by atoms with Crippen LogP contribution in [-0.2, 0) is 4.79 Å². The maximum atomic E-state index is 13.7. The number of hydrazone groups is 1. The van der Waals surface area contributed by atoms with Crippen LogP contribution in [0, 0.1) is 10.1 Å². The zero-order valence-corrected chi connectivity index (χ0v) is 23.0. The van der Waals surface area contributed by atoms with Crippen LogP contribution in [0.15, 0.2) is 70.2 Å². The Hall–Kier alpha value is -4.66. The van der Waals surface area contributed by atoms with Crippen LogP contribution >= 0.6 is 23.2 Å². The van der Waals surface area contributed by atoms with Crippen molar-refractivity contribution in [3.05, 3.63) is 86.6 Å². The lowest BCUT2D eigenvalue weighted by atomic mass is 9.99. The van der Waals surface area contributed by atoms with Gasteiger partial charge in [0.1, 0.15) is 11.5 Å². The van der Waals surface area contributed by atoms with Gasteiger partial charge in [0.25, 0.3) is 5.91 Å². The Morgan fingerprint density at radius 1 is 1.12 bits per heavy atom. The summed E-state index contributed by atoms with van der Waals surface area (Å²) in [5.74, 6) is -1.20. The molecule has 1 fully saturated rings. The molecule has 0 aliphatic carbocycles. The third-order valence-electron chi connectivity index (χ3n) is 6.12. The molecule has 5 amide bonds. The van der Waals surface area contributed by atoms with Crippen LogP contribution in [-0.4, -0.2) is 62.5 Å². The smallest absolute Gasteiger partial charge is 0.400 e. The molecule has 1 atom stereocenters. The summed E-state index contributed by atoms with van der Waals surface area (Å²) in [6.07, 6.45) is -0.246. The van der Waals surface area contributed by atoms with E-state index >= 15 is 0 Å². The molecular weight excluding hydrogens is 581 g/mol. The van der Waals surface area contributed by atoms with Crippen molar-refractivity contribution >= 4 is 64.6 Å².